The van der Waals surface area contributed by atoms with Gasteiger partial charge in [-0.2, -0.15) is 0 Å². The fourth-order valence-corrected chi connectivity index (χ4v) is 2.44. The Morgan fingerprint density at radius 2 is 1.95 bits per heavy atom. The zero-order chi connectivity index (χ0) is 15.8. The molecule has 1 aliphatic rings. The van der Waals surface area contributed by atoms with Crippen LogP contribution in [0.2, 0.25) is 0 Å². The predicted molar refractivity (Wildman–Crippen MR) is 75.9 cm³/mol. The molecule has 0 bridgehead atoms. The van der Waals surface area contributed by atoms with Gasteiger partial charge in [0.25, 0.3) is 11.6 Å². The Hall–Kier alpha value is -1.86. The Kier molecular flexibility index (Phi) is 3.81. The topological polar surface area (TPSA) is 101 Å². The van der Waals surface area contributed by atoms with Gasteiger partial charge in [0, 0.05) is 17.7 Å². The number of benzene rings is 1. The molecule has 1 atom stereocenters. The van der Waals surface area contributed by atoms with Crippen molar-refractivity contribution in [3.8, 4) is 0 Å². The van der Waals surface area contributed by atoms with Gasteiger partial charge < -0.3 is 0 Å². The normalized spacial score (nSPS) is 22.2. The zero-order valence-electron chi connectivity index (χ0n) is 10.9. The molecule has 0 saturated heterocycles. The summed E-state index contributed by atoms with van der Waals surface area (Å²) in [6.45, 7) is 1.57. The first kappa shape index (κ1) is 15.5. The molecule has 0 heterocycles. The van der Waals surface area contributed by atoms with E-state index in [2.05, 4.69) is 10.9 Å². The summed E-state index contributed by atoms with van der Waals surface area (Å²) in [5.41, 5.74) is 3.25. The molecule has 9 heteroatoms. The van der Waals surface area contributed by atoms with Crippen molar-refractivity contribution in [2.75, 3.05) is 0 Å². The third kappa shape index (κ3) is 2.93. The maximum absolute atomic E-state index is 11.9. The van der Waals surface area contributed by atoms with Crippen molar-refractivity contribution in [1.82, 2.24) is 10.9 Å². The number of nitro groups is 1. The lowest BCUT2D eigenvalue weighted by Crippen LogP contribution is -2.45. The van der Waals surface area contributed by atoms with Gasteiger partial charge in [0.05, 0.1) is 10.3 Å². The number of hydrazine groups is 1. The van der Waals surface area contributed by atoms with E-state index in [0.29, 0.717) is 0 Å². The van der Waals surface area contributed by atoms with Gasteiger partial charge in [0.1, 0.15) is 4.33 Å². The Balaban J connectivity index is 1.98. The molecule has 2 rings (SSSR count). The average molecular weight is 332 g/mol. The highest BCUT2D eigenvalue weighted by Crippen LogP contribution is 2.63. The quantitative estimate of drug-likeness (QED) is 0.502. The molecule has 7 nitrogen and oxygen atoms in total. The molecule has 1 saturated carbocycles. The van der Waals surface area contributed by atoms with E-state index in [1.807, 2.05) is 0 Å². The monoisotopic (exact) mass is 331 g/mol. The lowest BCUT2D eigenvalue weighted by atomic mass is 10.1. The number of nitrogens with zero attached hydrogens (tertiary/aromatic N) is 1. The van der Waals surface area contributed by atoms with E-state index in [1.165, 1.54) is 18.2 Å². The summed E-state index contributed by atoms with van der Waals surface area (Å²) in [4.78, 5) is 33.7. The van der Waals surface area contributed by atoms with Crippen LogP contribution in [0, 0.1) is 15.5 Å². The van der Waals surface area contributed by atoms with Crippen molar-refractivity contribution < 1.29 is 14.5 Å². The summed E-state index contributed by atoms with van der Waals surface area (Å²) in [6.07, 6.45) is 0.279. The number of hydrogen-bond donors (Lipinski definition) is 2. The van der Waals surface area contributed by atoms with E-state index in [-0.39, 0.29) is 17.7 Å². The molecule has 1 fully saturated rings. The van der Waals surface area contributed by atoms with Crippen molar-refractivity contribution in [3.63, 3.8) is 0 Å². The fourth-order valence-electron chi connectivity index (χ4n) is 1.73. The van der Waals surface area contributed by atoms with Gasteiger partial charge in [0.15, 0.2) is 0 Å². The van der Waals surface area contributed by atoms with Crippen LogP contribution in [0.5, 0.6) is 0 Å². The summed E-state index contributed by atoms with van der Waals surface area (Å²) in [6, 6.07) is 5.13. The van der Waals surface area contributed by atoms with Crippen molar-refractivity contribution in [3.05, 3.63) is 39.9 Å². The molecule has 0 spiro atoms. The van der Waals surface area contributed by atoms with Gasteiger partial charge in [-0.25, -0.2) is 0 Å². The first-order valence-electron chi connectivity index (χ1n) is 5.90. The highest BCUT2D eigenvalue weighted by molar-refractivity contribution is 6.53. The van der Waals surface area contributed by atoms with Crippen molar-refractivity contribution in [2.24, 2.45) is 5.41 Å². The van der Waals surface area contributed by atoms with Crippen molar-refractivity contribution in [2.45, 2.75) is 17.7 Å². The molecular formula is C12H11Cl2N3O4. The number of nitro benzene ring substituents is 1. The van der Waals surface area contributed by atoms with Crippen molar-refractivity contribution >= 4 is 40.7 Å². The number of rotatable bonds is 3. The van der Waals surface area contributed by atoms with E-state index in [0.717, 1.165) is 6.07 Å². The number of amides is 2. The smallest absolute Gasteiger partial charge is 0.270 e. The summed E-state index contributed by atoms with van der Waals surface area (Å²) in [5.74, 6) is -1.20. The largest absolute Gasteiger partial charge is 0.273 e. The molecule has 0 unspecified atom stereocenters. The van der Waals surface area contributed by atoms with Gasteiger partial charge in [-0.05, 0) is 19.4 Å². The van der Waals surface area contributed by atoms with Crippen LogP contribution in [0.15, 0.2) is 24.3 Å². The van der Waals surface area contributed by atoms with E-state index in [4.69, 9.17) is 23.2 Å². The lowest BCUT2D eigenvalue weighted by Gasteiger charge is -2.13. The predicted octanol–water partition coefficient (Wildman–Crippen LogP) is 1.94. The molecular weight excluding hydrogens is 321 g/mol. The third-order valence-corrected chi connectivity index (χ3v) is 4.47. The van der Waals surface area contributed by atoms with Gasteiger partial charge in [0.2, 0.25) is 5.91 Å². The molecule has 0 aromatic heterocycles. The zero-order valence-corrected chi connectivity index (χ0v) is 12.4. The van der Waals surface area contributed by atoms with Crippen LogP contribution in [0.1, 0.15) is 23.7 Å². The summed E-state index contributed by atoms with van der Waals surface area (Å²) in [5, 5.41) is 10.6. The second-order valence-electron chi connectivity index (χ2n) is 4.93. The number of non-ortho nitro benzene ring substituents is 1. The number of nitrogens with one attached hydrogen (secondary N) is 2. The highest BCUT2D eigenvalue weighted by atomic mass is 35.5. The minimum Gasteiger partial charge on any atom is -0.273 e. The van der Waals surface area contributed by atoms with Crippen LogP contribution < -0.4 is 10.9 Å². The Morgan fingerprint density at radius 1 is 1.33 bits per heavy atom. The van der Waals surface area contributed by atoms with E-state index >= 15 is 0 Å². The number of alkyl halides is 2. The number of carbonyl (C=O) groups excluding carboxylic acids is 2. The standard InChI is InChI=1S/C12H11Cl2N3O4/c1-11(6-12(11,13)14)10(19)16-15-9(18)7-3-2-4-8(5-7)17(20)21/h2-5H,6H2,1H3,(H,15,18)(H,16,19)/t11-/m0/s1. The molecule has 0 radical (unpaired) electrons. The number of halogens is 2. The Morgan fingerprint density at radius 3 is 2.48 bits per heavy atom. The minimum absolute atomic E-state index is 0.0495. The van der Waals surface area contributed by atoms with Gasteiger partial charge in [-0.3, -0.25) is 30.6 Å². The second-order valence-corrected chi connectivity index (χ2v) is 6.41. The molecule has 1 aromatic carbocycles. The van der Waals surface area contributed by atoms with E-state index < -0.39 is 26.5 Å². The van der Waals surface area contributed by atoms with Gasteiger partial charge >= 0.3 is 0 Å². The van der Waals surface area contributed by atoms with Crippen LogP contribution >= 0.6 is 23.2 Å². The third-order valence-electron chi connectivity index (χ3n) is 3.37. The summed E-state index contributed by atoms with van der Waals surface area (Å²) < 4.78 is -1.15. The first-order chi connectivity index (χ1) is 9.67. The van der Waals surface area contributed by atoms with Crippen LogP contribution in [0.25, 0.3) is 0 Å². The molecule has 1 aliphatic carbocycles. The summed E-state index contributed by atoms with van der Waals surface area (Å²) in [7, 11) is 0. The first-order valence-corrected chi connectivity index (χ1v) is 6.66. The SMILES string of the molecule is C[C@@]1(C(=O)NNC(=O)c2cccc([N+](=O)[O-])c2)CC1(Cl)Cl. The number of hydrogen-bond acceptors (Lipinski definition) is 4. The Labute approximate surface area is 129 Å². The lowest BCUT2D eigenvalue weighted by molar-refractivity contribution is -0.384. The molecule has 2 N–H and O–H groups in total. The van der Waals surface area contributed by atoms with Crippen LogP contribution in [0.4, 0.5) is 5.69 Å². The highest BCUT2D eigenvalue weighted by Gasteiger charge is 2.68. The van der Waals surface area contributed by atoms with Crippen LogP contribution in [-0.4, -0.2) is 21.1 Å². The van der Waals surface area contributed by atoms with Crippen LogP contribution in [-0.2, 0) is 4.79 Å². The Bertz CT molecular complexity index is 635. The minimum atomic E-state index is -1.15. The maximum Gasteiger partial charge on any atom is 0.270 e. The fraction of sp³-hybridized carbons (Fsp3) is 0.333. The average Bonchev–Trinajstić information content (AvgIpc) is 2.96. The second kappa shape index (κ2) is 5.16. The van der Waals surface area contributed by atoms with E-state index in [1.54, 1.807) is 6.92 Å². The molecule has 2 amide bonds. The van der Waals surface area contributed by atoms with Gasteiger partial charge in [-0.1, -0.05) is 6.07 Å². The number of carbonyl (C=O) groups is 2. The summed E-state index contributed by atoms with van der Waals surface area (Å²) >= 11 is 11.7. The van der Waals surface area contributed by atoms with Crippen molar-refractivity contribution in [1.29, 1.82) is 0 Å². The van der Waals surface area contributed by atoms with E-state index in [9.17, 15) is 19.7 Å². The molecule has 112 valence electrons. The van der Waals surface area contributed by atoms with Crippen LogP contribution in [0.3, 0.4) is 0 Å². The van der Waals surface area contributed by atoms with Gasteiger partial charge in [-0.15, -0.1) is 23.2 Å². The molecule has 21 heavy (non-hydrogen) atoms. The molecule has 0 aliphatic heterocycles. The maximum atomic E-state index is 11.9. The molecule has 1 aromatic rings.